The number of aliphatic hydroxyl groups excluding tert-OH is 1. The maximum Gasteiger partial charge on any atom is 0.0585 e. The fourth-order valence-electron chi connectivity index (χ4n) is 0.465. The summed E-state index contributed by atoms with van der Waals surface area (Å²) in [6, 6.07) is 0. The summed E-state index contributed by atoms with van der Waals surface area (Å²) in [5, 5.41) is 8.90. The molecule has 1 atom stereocenters. The van der Waals surface area contributed by atoms with Gasteiger partial charge in [-0.25, -0.2) is 0 Å². The Bertz CT molecular complexity index is 73.3. The van der Waals surface area contributed by atoms with Gasteiger partial charge in [-0.2, -0.15) is 11.8 Å². The van der Waals surface area contributed by atoms with E-state index in [0.29, 0.717) is 0 Å². The average Bonchev–Trinajstić information content (AvgIpc) is 1.91. The topological polar surface area (TPSA) is 20.2 Å². The van der Waals surface area contributed by atoms with Crippen molar-refractivity contribution in [2.24, 2.45) is 0 Å². The van der Waals surface area contributed by atoms with Crippen LogP contribution in [0.4, 0.5) is 0 Å². The predicted molar refractivity (Wildman–Crippen MR) is 43.8 cm³/mol. The molecule has 0 amide bonds. The summed E-state index contributed by atoms with van der Waals surface area (Å²) in [5.41, 5.74) is 0. The van der Waals surface area contributed by atoms with Crippen molar-refractivity contribution in [2.45, 2.75) is 18.6 Å². The summed E-state index contributed by atoms with van der Waals surface area (Å²) in [5.74, 6) is 1.11. The molecule has 0 spiro atoms. The minimum absolute atomic E-state index is 0.216. The van der Waals surface area contributed by atoms with Crippen LogP contribution < -0.4 is 0 Å². The molecule has 0 aromatic rings. The summed E-state index contributed by atoms with van der Waals surface area (Å²) < 4.78 is 0. The lowest BCUT2D eigenvalue weighted by molar-refractivity contribution is 0.307. The van der Waals surface area contributed by atoms with Gasteiger partial charge in [-0.05, 0) is 12.2 Å². The summed E-state index contributed by atoms with van der Waals surface area (Å²) in [6.07, 6.45) is 2.95. The number of thioether (sulfide) groups is 1. The molecule has 0 bridgehead atoms. The van der Waals surface area contributed by atoms with Gasteiger partial charge in [0.1, 0.15) is 0 Å². The first-order valence-electron chi connectivity index (χ1n) is 3.20. The molecule has 0 aliphatic carbocycles. The van der Waals surface area contributed by atoms with Gasteiger partial charge in [-0.15, -0.1) is 6.58 Å². The first kappa shape index (κ1) is 9.05. The molecular weight excluding hydrogens is 132 g/mol. The predicted octanol–water partition coefficient (Wildman–Crippen LogP) is 1.68. The zero-order chi connectivity index (χ0) is 7.11. The number of rotatable bonds is 5. The van der Waals surface area contributed by atoms with Crippen LogP contribution in [0.3, 0.4) is 0 Å². The summed E-state index contributed by atoms with van der Waals surface area (Å²) >= 11 is 1.75. The lowest BCUT2D eigenvalue weighted by atomic mass is 10.4. The van der Waals surface area contributed by atoms with Gasteiger partial charge in [0.2, 0.25) is 0 Å². The minimum atomic E-state index is 0.216. The third-order valence-electron chi connectivity index (χ3n) is 0.979. The van der Waals surface area contributed by atoms with Gasteiger partial charge in [0, 0.05) is 5.25 Å². The van der Waals surface area contributed by atoms with Crippen LogP contribution in [-0.2, 0) is 0 Å². The highest BCUT2D eigenvalue weighted by molar-refractivity contribution is 8.00. The molecule has 0 aliphatic rings. The minimum Gasteiger partial charge on any atom is -0.395 e. The Labute approximate surface area is 61.2 Å². The van der Waals surface area contributed by atoms with Crippen LogP contribution in [0.1, 0.15) is 13.3 Å². The van der Waals surface area contributed by atoms with Gasteiger partial charge in [-0.1, -0.05) is 13.0 Å². The van der Waals surface area contributed by atoms with Gasteiger partial charge < -0.3 is 5.11 Å². The molecule has 2 heteroatoms. The summed E-state index contributed by atoms with van der Waals surface area (Å²) in [6.45, 7) is 5.95. The van der Waals surface area contributed by atoms with Crippen molar-refractivity contribution in [3.8, 4) is 0 Å². The van der Waals surface area contributed by atoms with Crippen molar-refractivity contribution in [3.05, 3.63) is 12.7 Å². The molecule has 0 saturated carbocycles. The van der Waals surface area contributed by atoms with E-state index in [1.165, 1.54) is 0 Å². The van der Waals surface area contributed by atoms with E-state index < -0.39 is 0 Å². The van der Waals surface area contributed by atoms with E-state index in [2.05, 4.69) is 13.5 Å². The second kappa shape index (κ2) is 6.17. The van der Waals surface area contributed by atoms with Gasteiger partial charge in [0.15, 0.2) is 0 Å². The van der Waals surface area contributed by atoms with Crippen molar-refractivity contribution in [1.82, 2.24) is 0 Å². The van der Waals surface area contributed by atoms with Gasteiger partial charge in [-0.3, -0.25) is 0 Å². The Kier molecular flexibility index (Phi) is 6.21. The van der Waals surface area contributed by atoms with E-state index in [-0.39, 0.29) is 11.9 Å². The lowest BCUT2D eigenvalue weighted by Gasteiger charge is -2.05. The van der Waals surface area contributed by atoms with Crippen LogP contribution in [0.25, 0.3) is 0 Å². The number of hydrogen-bond donors (Lipinski definition) is 1. The molecule has 0 fully saturated rings. The van der Waals surface area contributed by atoms with Crippen molar-refractivity contribution in [1.29, 1.82) is 0 Å². The largest absolute Gasteiger partial charge is 0.395 e. The van der Waals surface area contributed by atoms with E-state index in [1.807, 2.05) is 0 Å². The monoisotopic (exact) mass is 146 g/mol. The van der Waals surface area contributed by atoms with E-state index in [1.54, 1.807) is 17.8 Å². The van der Waals surface area contributed by atoms with E-state index >= 15 is 0 Å². The van der Waals surface area contributed by atoms with Crippen molar-refractivity contribution >= 4 is 11.8 Å². The van der Waals surface area contributed by atoms with Crippen LogP contribution >= 0.6 is 11.8 Å². The quantitative estimate of drug-likeness (QED) is 0.595. The highest BCUT2D eigenvalue weighted by Gasteiger charge is 1.99. The molecule has 0 radical (unpaired) electrons. The Morgan fingerprint density at radius 1 is 1.78 bits per heavy atom. The van der Waals surface area contributed by atoms with Crippen molar-refractivity contribution in [3.63, 3.8) is 0 Å². The summed E-state index contributed by atoms with van der Waals surface area (Å²) in [7, 11) is 0. The van der Waals surface area contributed by atoms with E-state index in [4.69, 9.17) is 5.11 Å². The zero-order valence-corrected chi connectivity index (χ0v) is 6.66. The number of aliphatic hydroxyl groups is 1. The van der Waals surface area contributed by atoms with Gasteiger partial charge in [0.25, 0.3) is 0 Å². The van der Waals surface area contributed by atoms with Crippen LogP contribution in [0.5, 0.6) is 0 Å². The molecular formula is C7H14OS. The molecule has 0 aromatic carbocycles. The summed E-state index contributed by atoms with van der Waals surface area (Å²) in [4.78, 5) is 0. The van der Waals surface area contributed by atoms with Crippen LogP contribution in [0.2, 0.25) is 0 Å². The molecule has 1 unspecified atom stereocenters. The molecule has 1 nitrogen and oxygen atoms in total. The fourth-order valence-corrected chi connectivity index (χ4v) is 1.24. The second-order valence-corrected chi connectivity index (χ2v) is 3.17. The van der Waals surface area contributed by atoms with Crippen LogP contribution in [0.15, 0.2) is 12.7 Å². The Morgan fingerprint density at radius 3 is 2.78 bits per heavy atom. The maximum absolute atomic E-state index is 8.66. The molecule has 0 rings (SSSR count). The fraction of sp³-hybridized carbons (Fsp3) is 0.714. The van der Waals surface area contributed by atoms with E-state index in [9.17, 15) is 0 Å². The van der Waals surface area contributed by atoms with Crippen LogP contribution in [0, 0.1) is 0 Å². The Hall–Kier alpha value is 0.0500. The van der Waals surface area contributed by atoms with Gasteiger partial charge >= 0.3 is 0 Å². The zero-order valence-electron chi connectivity index (χ0n) is 5.84. The SMILES string of the molecule is C=CC(CO)SCCC. The molecule has 54 valence electrons. The molecule has 0 aromatic heterocycles. The highest BCUT2D eigenvalue weighted by Crippen LogP contribution is 2.11. The molecule has 0 aliphatic heterocycles. The van der Waals surface area contributed by atoms with Crippen molar-refractivity contribution in [2.75, 3.05) is 12.4 Å². The second-order valence-electron chi connectivity index (χ2n) is 1.83. The molecule has 0 saturated heterocycles. The van der Waals surface area contributed by atoms with Crippen molar-refractivity contribution < 1.29 is 5.11 Å². The normalized spacial score (nSPS) is 13.1. The number of hydrogen-bond acceptors (Lipinski definition) is 2. The van der Waals surface area contributed by atoms with Gasteiger partial charge in [0.05, 0.1) is 6.61 Å². The Morgan fingerprint density at radius 2 is 2.44 bits per heavy atom. The Balaban J connectivity index is 3.20. The molecule has 1 N–H and O–H groups in total. The first-order chi connectivity index (χ1) is 4.35. The molecule has 9 heavy (non-hydrogen) atoms. The maximum atomic E-state index is 8.66. The average molecular weight is 146 g/mol. The van der Waals surface area contributed by atoms with Crippen LogP contribution in [-0.4, -0.2) is 22.7 Å². The van der Waals surface area contributed by atoms with E-state index in [0.717, 1.165) is 12.2 Å². The molecule has 0 heterocycles. The smallest absolute Gasteiger partial charge is 0.0585 e. The highest BCUT2D eigenvalue weighted by atomic mass is 32.2. The third kappa shape index (κ3) is 4.55. The first-order valence-corrected chi connectivity index (χ1v) is 4.25. The lowest BCUT2D eigenvalue weighted by Crippen LogP contribution is -2.04. The standard InChI is InChI=1S/C7H14OS/c1-3-5-9-7(4-2)6-8/h4,7-8H,2-3,5-6H2,1H3. The third-order valence-corrected chi connectivity index (χ3v) is 2.39.